The number of aromatic nitrogens is 4. The van der Waals surface area contributed by atoms with Gasteiger partial charge in [0.05, 0.1) is 0 Å². The Morgan fingerprint density at radius 3 is 2.89 bits per heavy atom. The Bertz CT molecular complexity index is 1020. The molecular formula is C20H23N5O2. The quantitative estimate of drug-likeness (QED) is 0.742. The number of benzene rings is 1. The molecule has 0 radical (unpaired) electrons. The van der Waals surface area contributed by atoms with Crippen molar-refractivity contribution >= 4 is 16.8 Å². The number of carbonyl (C=O) groups excluding carboxylic acids is 1. The number of nitrogens with zero attached hydrogens (tertiary/aromatic N) is 3. The third-order valence-electron chi connectivity index (χ3n) is 5.65. The second-order valence-electron chi connectivity index (χ2n) is 7.74. The standard InChI is InChI=1S/C20H23N5O2/c26-19(17-11-14-3-1-2-4-16(14)22-17)21-15-7-8-18-23-25(12-13-5-6-13)20(27)24(18)10-9-15/h1-4,11,13,15,22H,5-10,12H2,(H,21,26). The predicted molar refractivity (Wildman–Crippen MR) is 102 cm³/mol. The predicted octanol–water partition coefficient (Wildman–Crippen LogP) is 2.07. The van der Waals surface area contributed by atoms with Crippen LogP contribution in [0, 0.1) is 5.92 Å². The molecule has 1 aliphatic heterocycles. The van der Waals surface area contributed by atoms with Crippen LogP contribution in [0.4, 0.5) is 0 Å². The zero-order valence-electron chi connectivity index (χ0n) is 15.1. The summed E-state index contributed by atoms with van der Waals surface area (Å²) in [6.07, 6.45) is 4.66. The molecule has 1 unspecified atom stereocenters. The van der Waals surface area contributed by atoms with Crippen LogP contribution in [0.2, 0.25) is 0 Å². The van der Waals surface area contributed by atoms with Gasteiger partial charge in [-0.15, -0.1) is 0 Å². The van der Waals surface area contributed by atoms with Gasteiger partial charge < -0.3 is 10.3 Å². The molecule has 3 heterocycles. The minimum atomic E-state index is -0.0955. The summed E-state index contributed by atoms with van der Waals surface area (Å²) in [6.45, 7) is 1.36. The van der Waals surface area contributed by atoms with Crippen LogP contribution in [-0.2, 0) is 19.5 Å². The zero-order chi connectivity index (χ0) is 18.4. The van der Waals surface area contributed by atoms with Crippen molar-refractivity contribution in [2.24, 2.45) is 5.92 Å². The molecule has 1 aromatic carbocycles. The Balaban J connectivity index is 1.27. The van der Waals surface area contributed by atoms with E-state index in [1.165, 1.54) is 12.8 Å². The molecule has 1 amide bonds. The largest absolute Gasteiger partial charge is 0.351 e. The molecule has 3 aromatic rings. The van der Waals surface area contributed by atoms with E-state index in [2.05, 4.69) is 15.4 Å². The molecule has 1 saturated carbocycles. The van der Waals surface area contributed by atoms with Crippen LogP contribution in [-0.4, -0.2) is 31.3 Å². The molecule has 0 saturated heterocycles. The van der Waals surface area contributed by atoms with Gasteiger partial charge in [-0.25, -0.2) is 9.48 Å². The van der Waals surface area contributed by atoms with Gasteiger partial charge in [-0.2, -0.15) is 5.10 Å². The van der Waals surface area contributed by atoms with E-state index in [1.54, 1.807) is 9.25 Å². The third kappa shape index (κ3) is 3.18. The average molecular weight is 365 g/mol. The Morgan fingerprint density at radius 2 is 2.07 bits per heavy atom. The van der Waals surface area contributed by atoms with E-state index < -0.39 is 0 Å². The van der Waals surface area contributed by atoms with Crippen molar-refractivity contribution in [2.45, 2.75) is 51.2 Å². The van der Waals surface area contributed by atoms with Gasteiger partial charge in [0, 0.05) is 36.5 Å². The maximum atomic E-state index is 12.6. The fourth-order valence-electron chi connectivity index (χ4n) is 3.90. The number of hydrogen-bond acceptors (Lipinski definition) is 3. The minimum absolute atomic E-state index is 0.000468. The second kappa shape index (κ2) is 6.40. The number of fused-ring (bicyclic) bond motifs is 2. The van der Waals surface area contributed by atoms with Crippen molar-refractivity contribution in [3.8, 4) is 0 Å². The fraction of sp³-hybridized carbons (Fsp3) is 0.450. The van der Waals surface area contributed by atoms with E-state index in [4.69, 9.17) is 0 Å². The molecule has 0 spiro atoms. The highest BCUT2D eigenvalue weighted by Gasteiger charge is 2.26. The van der Waals surface area contributed by atoms with Crippen molar-refractivity contribution in [1.82, 2.24) is 24.6 Å². The first-order valence-corrected chi connectivity index (χ1v) is 9.72. The molecule has 7 heteroatoms. The van der Waals surface area contributed by atoms with Gasteiger partial charge in [0.15, 0.2) is 0 Å². The van der Waals surface area contributed by atoms with E-state index in [0.29, 0.717) is 24.6 Å². The first kappa shape index (κ1) is 16.4. The SMILES string of the molecule is O=C(NC1CCc2nn(CC3CC3)c(=O)n2CC1)c1cc2ccccc2[nH]1. The molecule has 1 atom stereocenters. The summed E-state index contributed by atoms with van der Waals surface area (Å²) in [6, 6.07) is 9.78. The van der Waals surface area contributed by atoms with Gasteiger partial charge in [-0.3, -0.25) is 9.36 Å². The summed E-state index contributed by atoms with van der Waals surface area (Å²) in [5.74, 6) is 1.38. The van der Waals surface area contributed by atoms with Crippen LogP contribution < -0.4 is 11.0 Å². The normalized spacial score (nSPS) is 19.6. The maximum Gasteiger partial charge on any atom is 0.345 e. The zero-order valence-corrected chi connectivity index (χ0v) is 15.1. The molecule has 5 rings (SSSR count). The van der Waals surface area contributed by atoms with Crippen LogP contribution in [0.3, 0.4) is 0 Å². The van der Waals surface area contributed by atoms with Crippen molar-refractivity contribution in [3.05, 3.63) is 52.3 Å². The maximum absolute atomic E-state index is 12.6. The average Bonchev–Trinajstić information content (AvgIpc) is 3.34. The Kier molecular flexibility index (Phi) is 3.88. The van der Waals surface area contributed by atoms with Crippen molar-refractivity contribution in [1.29, 1.82) is 0 Å². The fourth-order valence-corrected chi connectivity index (χ4v) is 3.90. The monoisotopic (exact) mass is 365 g/mol. The van der Waals surface area contributed by atoms with Crippen molar-refractivity contribution in [3.63, 3.8) is 0 Å². The van der Waals surface area contributed by atoms with Crippen molar-refractivity contribution in [2.75, 3.05) is 0 Å². The minimum Gasteiger partial charge on any atom is -0.351 e. The number of H-pyrrole nitrogens is 1. The number of hydrogen-bond donors (Lipinski definition) is 2. The van der Waals surface area contributed by atoms with Crippen LogP contribution in [0.5, 0.6) is 0 Å². The van der Waals surface area contributed by atoms with E-state index >= 15 is 0 Å². The number of para-hydroxylation sites is 1. The molecular weight excluding hydrogens is 342 g/mol. The summed E-state index contributed by atoms with van der Waals surface area (Å²) in [5.41, 5.74) is 1.53. The van der Waals surface area contributed by atoms with Crippen LogP contribution in [0.1, 0.15) is 42.0 Å². The highest BCUT2D eigenvalue weighted by Crippen LogP contribution is 2.30. The Hall–Kier alpha value is -2.83. The van der Waals surface area contributed by atoms with E-state index in [0.717, 1.165) is 36.1 Å². The summed E-state index contributed by atoms with van der Waals surface area (Å²) in [5, 5.41) is 8.68. The lowest BCUT2D eigenvalue weighted by Gasteiger charge is -2.15. The molecule has 7 nitrogen and oxygen atoms in total. The Labute approximate surface area is 156 Å². The van der Waals surface area contributed by atoms with Crippen LogP contribution in [0.25, 0.3) is 10.9 Å². The summed E-state index contributed by atoms with van der Waals surface area (Å²) >= 11 is 0. The van der Waals surface area contributed by atoms with Gasteiger partial charge in [0.2, 0.25) is 0 Å². The summed E-state index contributed by atoms with van der Waals surface area (Å²) in [4.78, 5) is 28.3. The highest BCUT2D eigenvalue weighted by molar-refractivity contribution is 5.98. The van der Waals surface area contributed by atoms with E-state index in [1.807, 2.05) is 30.3 Å². The molecule has 2 aromatic heterocycles. The number of aryl methyl sites for hydroxylation is 1. The number of carbonyl (C=O) groups is 1. The van der Waals surface area contributed by atoms with E-state index in [-0.39, 0.29) is 17.6 Å². The van der Waals surface area contributed by atoms with Gasteiger partial charge in [0.1, 0.15) is 11.5 Å². The highest BCUT2D eigenvalue weighted by atomic mass is 16.2. The molecule has 2 aliphatic rings. The van der Waals surface area contributed by atoms with Crippen LogP contribution in [0.15, 0.2) is 35.1 Å². The van der Waals surface area contributed by atoms with Crippen molar-refractivity contribution < 1.29 is 4.79 Å². The lowest BCUT2D eigenvalue weighted by molar-refractivity contribution is 0.0928. The van der Waals surface area contributed by atoms with Gasteiger partial charge >= 0.3 is 5.69 Å². The molecule has 27 heavy (non-hydrogen) atoms. The van der Waals surface area contributed by atoms with Gasteiger partial charge in [-0.1, -0.05) is 18.2 Å². The topological polar surface area (TPSA) is 84.7 Å². The smallest absolute Gasteiger partial charge is 0.345 e. The molecule has 0 bridgehead atoms. The first-order valence-electron chi connectivity index (χ1n) is 9.72. The van der Waals surface area contributed by atoms with Crippen LogP contribution >= 0.6 is 0 Å². The number of rotatable bonds is 4. The van der Waals surface area contributed by atoms with Gasteiger partial charge in [0.25, 0.3) is 5.91 Å². The lowest BCUT2D eigenvalue weighted by atomic mass is 10.1. The van der Waals surface area contributed by atoms with E-state index in [9.17, 15) is 9.59 Å². The number of amides is 1. The molecule has 1 aliphatic carbocycles. The third-order valence-corrected chi connectivity index (χ3v) is 5.65. The second-order valence-corrected chi connectivity index (χ2v) is 7.74. The first-order chi connectivity index (χ1) is 13.2. The molecule has 140 valence electrons. The molecule has 1 fully saturated rings. The Morgan fingerprint density at radius 1 is 1.22 bits per heavy atom. The summed E-state index contributed by atoms with van der Waals surface area (Å²) in [7, 11) is 0. The number of nitrogens with one attached hydrogen (secondary N) is 2. The lowest BCUT2D eigenvalue weighted by Crippen LogP contribution is -2.36. The van der Waals surface area contributed by atoms with Gasteiger partial charge in [-0.05, 0) is 43.7 Å². The molecule has 2 N–H and O–H groups in total. The summed E-state index contributed by atoms with van der Waals surface area (Å²) < 4.78 is 3.42. The number of aromatic amines is 1.